The molecule has 0 unspecified atom stereocenters. The van der Waals surface area contributed by atoms with Gasteiger partial charge in [0.05, 0.1) is 23.6 Å². The Morgan fingerprint density at radius 1 is 1.13 bits per heavy atom. The summed E-state index contributed by atoms with van der Waals surface area (Å²) < 4.78 is 42.5. The molecule has 0 radical (unpaired) electrons. The van der Waals surface area contributed by atoms with Crippen molar-refractivity contribution in [3.63, 3.8) is 0 Å². The number of hydrogen-bond donors (Lipinski definition) is 2. The van der Waals surface area contributed by atoms with Gasteiger partial charge >= 0.3 is 0 Å². The summed E-state index contributed by atoms with van der Waals surface area (Å²) in [6.45, 7) is 6.05. The van der Waals surface area contributed by atoms with E-state index in [4.69, 9.17) is 4.74 Å². The molecule has 30 heavy (non-hydrogen) atoms. The number of amides is 1. The minimum absolute atomic E-state index is 0.00104. The molecule has 160 valence electrons. The van der Waals surface area contributed by atoms with Crippen LogP contribution < -0.4 is 14.8 Å². The summed E-state index contributed by atoms with van der Waals surface area (Å²) in [5, 5.41) is 2.79. The lowest BCUT2D eigenvalue weighted by Gasteiger charge is -2.22. The van der Waals surface area contributed by atoms with Crippen LogP contribution in [0.3, 0.4) is 0 Å². The molecule has 0 fully saturated rings. The second-order valence-corrected chi connectivity index (χ2v) is 9.28. The van der Waals surface area contributed by atoms with E-state index in [0.29, 0.717) is 23.7 Å². The molecule has 1 amide bonds. The highest BCUT2D eigenvalue weighted by Gasteiger charge is 2.31. The number of nitrogens with one attached hydrogen (secondary N) is 2. The topological polar surface area (TPSA) is 109 Å². The Morgan fingerprint density at radius 3 is 2.63 bits per heavy atom. The summed E-state index contributed by atoms with van der Waals surface area (Å²) in [5.41, 5.74) is 1.28. The Kier molecular flexibility index (Phi) is 7.01. The van der Waals surface area contributed by atoms with Crippen LogP contribution in [-0.4, -0.2) is 27.0 Å². The smallest absolute Gasteiger partial charge is 0.243 e. The number of carbonyl (C=O) groups is 1. The van der Waals surface area contributed by atoms with Crippen molar-refractivity contribution in [2.75, 3.05) is 11.9 Å². The molecule has 1 aliphatic rings. The van der Waals surface area contributed by atoms with E-state index in [2.05, 4.69) is 18.8 Å². The maximum Gasteiger partial charge on any atom is 0.243 e. The molecular formula is C20H24N4O4S2. The van der Waals surface area contributed by atoms with Gasteiger partial charge in [0.15, 0.2) is 0 Å². The highest BCUT2D eigenvalue weighted by atomic mass is 32.2. The number of sulfonamides is 1. The zero-order chi connectivity index (χ0) is 21.7. The van der Waals surface area contributed by atoms with E-state index in [1.54, 1.807) is 44.2 Å². The first kappa shape index (κ1) is 22.1. The standard InChI is InChI=1S/C20H24N4O4S2/c1-4-12-28-16-10-6-5-8-14(16)21-20(25)18(13(2)3)24-30(26,27)17-11-7-9-15-19(17)23-29-22-15/h5-11,13,18,24H,4,12H2,1-3H3,(H,21,25)/t18-/m0/s1. The van der Waals surface area contributed by atoms with Gasteiger partial charge < -0.3 is 10.1 Å². The molecule has 2 N–H and O–H groups in total. The summed E-state index contributed by atoms with van der Waals surface area (Å²) in [7, 11) is -4.00. The number of carbonyl (C=O) groups excluding carboxylic acids is 1. The third kappa shape index (κ3) is 4.94. The second-order valence-electron chi connectivity index (χ2n) is 7.06. The summed E-state index contributed by atoms with van der Waals surface area (Å²) in [4.78, 5) is 13.0. The molecule has 0 spiro atoms. The third-order valence-corrected chi connectivity index (χ3v) is 6.39. The van der Waals surface area contributed by atoms with Gasteiger partial charge in [-0.15, -0.1) is 0 Å². The lowest BCUT2D eigenvalue weighted by Crippen LogP contribution is -2.47. The molecule has 1 heterocycles. The van der Waals surface area contributed by atoms with Gasteiger partial charge in [-0.1, -0.05) is 39.0 Å². The van der Waals surface area contributed by atoms with Crippen LogP contribution in [0.15, 0.2) is 56.1 Å². The molecule has 8 nitrogen and oxygen atoms in total. The first-order chi connectivity index (χ1) is 14.3. The van der Waals surface area contributed by atoms with Crippen molar-refractivity contribution >= 4 is 44.3 Å². The van der Waals surface area contributed by atoms with Gasteiger partial charge in [0.25, 0.3) is 0 Å². The Bertz CT molecular complexity index is 1110. The fourth-order valence-corrected chi connectivity index (χ4v) is 4.95. The van der Waals surface area contributed by atoms with Gasteiger partial charge in [0.1, 0.15) is 28.1 Å². The van der Waals surface area contributed by atoms with Gasteiger partial charge in [0, 0.05) is 0 Å². The van der Waals surface area contributed by atoms with Crippen LogP contribution in [0.2, 0.25) is 0 Å². The predicted octanol–water partition coefficient (Wildman–Crippen LogP) is 4.14. The second kappa shape index (κ2) is 9.50. The van der Waals surface area contributed by atoms with Crippen molar-refractivity contribution in [3.05, 3.63) is 42.5 Å². The molecule has 0 saturated carbocycles. The summed E-state index contributed by atoms with van der Waals surface area (Å²) >= 11 is 0.939. The zero-order valence-corrected chi connectivity index (χ0v) is 18.6. The molecule has 3 rings (SSSR count). The van der Waals surface area contributed by atoms with E-state index >= 15 is 0 Å². The average Bonchev–Trinajstić information content (AvgIpc) is 3.20. The third-order valence-electron chi connectivity index (χ3n) is 4.38. The Hall–Kier alpha value is -2.56. The molecule has 10 heteroatoms. The fraction of sp³-hybridized carbons (Fsp3) is 0.350. The summed E-state index contributed by atoms with van der Waals surface area (Å²) in [5.74, 6) is -0.225. The highest BCUT2D eigenvalue weighted by molar-refractivity contribution is 7.89. The lowest BCUT2D eigenvalue weighted by atomic mass is 10.0. The van der Waals surface area contributed by atoms with Crippen LogP contribution in [-0.2, 0) is 26.2 Å². The number of ether oxygens (including phenoxy) is 1. The monoisotopic (exact) mass is 448 g/mol. The SMILES string of the molecule is CCCOc1ccccc1NC(=O)[C@@H](NS(=O)(=O)c1cccc2c1N=S=N2)C(C)C. The molecular weight excluding hydrogens is 424 g/mol. The fourth-order valence-electron chi connectivity index (χ4n) is 2.84. The number of para-hydroxylation sites is 2. The first-order valence-corrected chi connectivity index (χ1v) is 11.8. The first-order valence-electron chi connectivity index (χ1n) is 9.59. The van der Waals surface area contributed by atoms with Gasteiger partial charge in [-0.3, -0.25) is 4.79 Å². The quantitative estimate of drug-likeness (QED) is 0.512. The van der Waals surface area contributed by atoms with E-state index in [-0.39, 0.29) is 16.5 Å². The van der Waals surface area contributed by atoms with Crippen LogP contribution in [0, 0.1) is 5.92 Å². The lowest BCUT2D eigenvalue weighted by molar-refractivity contribution is -0.118. The minimum Gasteiger partial charge on any atom is -0.491 e. The molecule has 2 aromatic rings. The molecule has 2 aromatic carbocycles. The minimum atomic E-state index is -4.00. The molecule has 0 aromatic heterocycles. The Labute approximate surface area is 180 Å². The van der Waals surface area contributed by atoms with E-state index in [0.717, 1.165) is 17.8 Å². The predicted molar refractivity (Wildman–Crippen MR) is 118 cm³/mol. The summed E-state index contributed by atoms with van der Waals surface area (Å²) in [6, 6.07) is 10.8. The van der Waals surface area contributed by atoms with E-state index in [9.17, 15) is 13.2 Å². The van der Waals surface area contributed by atoms with E-state index in [1.807, 2.05) is 13.0 Å². The number of rotatable bonds is 9. The van der Waals surface area contributed by atoms with E-state index in [1.165, 1.54) is 6.07 Å². The van der Waals surface area contributed by atoms with Crippen LogP contribution in [0.25, 0.3) is 0 Å². The number of nitrogens with zero attached hydrogens (tertiary/aromatic N) is 2. The van der Waals surface area contributed by atoms with Crippen LogP contribution in [0.5, 0.6) is 5.75 Å². The largest absolute Gasteiger partial charge is 0.491 e. The number of hydrogen-bond acceptors (Lipinski definition) is 6. The highest BCUT2D eigenvalue weighted by Crippen LogP contribution is 2.37. The molecule has 0 aliphatic carbocycles. The zero-order valence-electron chi connectivity index (χ0n) is 17.0. The van der Waals surface area contributed by atoms with Crippen molar-refractivity contribution in [2.45, 2.75) is 38.1 Å². The normalized spacial score (nSPS) is 13.6. The Morgan fingerprint density at radius 2 is 1.90 bits per heavy atom. The molecule has 1 atom stereocenters. The molecule has 0 bridgehead atoms. The van der Waals surface area contributed by atoms with Gasteiger partial charge in [-0.25, -0.2) is 8.42 Å². The van der Waals surface area contributed by atoms with Gasteiger partial charge in [-0.2, -0.15) is 13.4 Å². The maximum atomic E-state index is 13.0. The maximum absolute atomic E-state index is 13.0. The number of fused-ring (bicyclic) bond motifs is 1. The molecule has 0 saturated heterocycles. The van der Waals surface area contributed by atoms with Crippen molar-refractivity contribution in [3.8, 4) is 5.75 Å². The Balaban J connectivity index is 1.83. The number of anilines is 1. The molecule has 1 aliphatic heterocycles. The van der Waals surface area contributed by atoms with Crippen molar-refractivity contribution in [2.24, 2.45) is 14.6 Å². The van der Waals surface area contributed by atoms with Crippen molar-refractivity contribution in [1.82, 2.24) is 4.72 Å². The van der Waals surface area contributed by atoms with E-state index < -0.39 is 22.0 Å². The number of benzene rings is 2. The van der Waals surface area contributed by atoms with Gasteiger partial charge in [-0.05, 0) is 36.6 Å². The summed E-state index contributed by atoms with van der Waals surface area (Å²) in [6.07, 6.45) is 0.827. The van der Waals surface area contributed by atoms with Crippen molar-refractivity contribution < 1.29 is 17.9 Å². The average molecular weight is 449 g/mol. The van der Waals surface area contributed by atoms with Gasteiger partial charge in [0.2, 0.25) is 15.9 Å². The van der Waals surface area contributed by atoms with Crippen molar-refractivity contribution in [1.29, 1.82) is 0 Å². The van der Waals surface area contributed by atoms with Crippen LogP contribution in [0.4, 0.5) is 17.1 Å². The van der Waals surface area contributed by atoms with Crippen LogP contribution >= 0.6 is 0 Å². The van der Waals surface area contributed by atoms with Crippen LogP contribution in [0.1, 0.15) is 27.2 Å².